The molecule has 2 aromatic carbocycles. The van der Waals surface area contributed by atoms with Crippen LogP contribution >= 0.6 is 11.6 Å². The molecule has 0 saturated carbocycles. The molecule has 0 bridgehead atoms. The molecule has 2 fully saturated rings. The lowest BCUT2D eigenvalue weighted by molar-refractivity contribution is 0.0446. The predicted molar refractivity (Wildman–Crippen MR) is 98.0 cm³/mol. The number of piperidine rings is 1. The summed E-state index contributed by atoms with van der Waals surface area (Å²) in [7, 11) is 0. The Balaban J connectivity index is 1.44. The van der Waals surface area contributed by atoms with Gasteiger partial charge in [-0.3, -0.25) is 0 Å². The monoisotopic (exact) mass is 342 g/mol. The molecule has 2 aliphatic heterocycles. The van der Waals surface area contributed by atoms with Crippen molar-refractivity contribution in [1.29, 1.82) is 0 Å². The molecule has 1 spiro atoms. The lowest BCUT2D eigenvalue weighted by atomic mass is 9.65. The van der Waals surface area contributed by atoms with Gasteiger partial charge in [0, 0.05) is 23.0 Å². The van der Waals surface area contributed by atoms with E-state index < -0.39 is 0 Å². The summed E-state index contributed by atoms with van der Waals surface area (Å²) >= 11 is 5.92. The molecule has 3 nitrogen and oxygen atoms in total. The third-order valence-electron chi connectivity index (χ3n) is 5.43. The normalized spacial score (nSPS) is 22.1. The first-order valence-corrected chi connectivity index (χ1v) is 9.08. The molecule has 2 aliphatic rings. The van der Waals surface area contributed by atoms with Crippen LogP contribution in [0.3, 0.4) is 0 Å². The minimum Gasteiger partial charge on any atom is -0.457 e. The fraction of sp³-hybridized carbons (Fsp3) is 0.400. The second-order valence-electron chi connectivity index (χ2n) is 6.95. The topological polar surface area (TPSA) is 33.3 Å². The molecule has 2 heterocycles. The summed E-state index contributed by atoms with van der Waals surface area (Å²) in [5.74, 6) is 1.70. The molecular formula is C20H23ClN2O. The van der Waals surface area contributed by atoms with Gasteiger partial charge in [-0.2, -0.15) is 0 Å². The fourth-order valence-corrected chi connectivity index (χ4v) is 4.01. The van der Waals surface area contributed by atoms with Crippen LogP contribution in [-0.4, -0.2) is 25.7 Å². The highest BCUT2D eigenvalue weighted by Crippen LogP contribution is 2.40. The average Bonchev–Trinajstić information content (AvgIpc) is 2.62. The molecule has 0 aliphatic carbocycles. The Morgan fingerprint density at radius 2 is 1.83 bits per heavy atom. The van der Waals surface area contributed by atoms with Crippen LogP contribution in [0.15, 0.2) is 48.5 Å². The van der Waals surface area contributed by atoms with Gasteiger partial charge in [-0.05, 0) is 74.3 Å². The van der Waals surface area contributed by atoms with Crippen LogP contribution in [0.25, 0.3) is 0 Å². The number of hydrogen-bond acceptors (Lipinski definition) is 3. The maximum absolute atomic E-state index is 5.96. The van der Waals surface area contributed by atoms with E-state index in [1.807, 2.05) is 30.3 Å². The summed E-state index contributed by atoms with van der Waals surface area (Å²) in [6.45, 7) is 3.47. The van der Waals surface area contributed by atoms with Crippen molar-refractivity contribution < 1.29 is 4.74 Å². The van der Waals surface area contributed by atoms with E-state index in [4.69, 9.17) is 16.3 Å². The molecule has 2 aromatic rings. The summed E-state index contributed by atoms with van der Waals surface area (Å²) in [6, 6.07) is 16.5. The number of halogens is 1. The van der Waals surface area contributed by atoms with Crippen LogP contribution in [0.4, 0.5) is 0 Å². The van der Waals surface area contributed by atoms with Gasteiger partial charge in [-0.1, -0.05) is 23.7 Å². The molecule has 0 aromatic heterocycles. The van der Waals surface area contributed by atoms with Gasteiger partial charge < -0.3 is 15.4 Å². The molecule has 0 amide bonds. The van der Waals surface area contributed by atoms with E-state index in [1.54, 1.807) is 0 Å². The summed E-state index contributed by atoms with van der Waals surface area (Å²) in [4.78, 5) is 0. The highest BCUT2D eigenvalue weighted by molar-refractivity contribution is 6.30. The number of benzene rings is 2. The van der Waals surface area contributed by atoms with E-state index >= 15 is 0 Å². The van der Waals surface area contributed by atoms with Gasteiger partial charge in [0.15, 0.2) is 0 Å². The Kier molecular flexibility index (Phi) is 4.49. The largest absolute Gasteiger partial charge is 0.457 e. The Hall–Kier alpha value is -1.55. The number of rotatable bonds is 4. The van der Waals surface area contributed by atoms with Crippen molar-refractivity contribution in [3.05, 3.63) is 59.1 Å². The van der Waals surface area contributed by atoms with Crippen LogP contribution in [0.2, 0.25) is 5.02 Å². The van der Waals surface area contributed by atoms with Crippen LogP contribution in [-0.2, 0) is 6.42 Å². The Morgan fingerprint density at radius 3 is 2.54 bits per heavy atom. The first-order chi connectivity index (χ1) is 11.7. The quantitative estimate of drug-likeness (QED) is 0.880. The average molecular weight is 343 g/mol. The molecule has 4 heteroatoms. The summed E-state index contributed by atoms with van der Waals surface area (Å²) in [6.07, 6.45) is 3.63. The number of nitrogens with one attached hydrogen (secondary N) is 2. The van der Waals surface area contributed by atoms with Gasteiger partial charge in [-0.25, -0.2) is 0 Å². The van der Waals surface area contributed by atoms with Crippen LogP contribution in [0.1, 0.15) is 18.4 Å². The van der Waals surface area contributed by atoms with E-state index in [0.29, 0.717) is 11.5 Å². The molecule has 1 atom stereocenters. The zero-order chi connectivity index (χ0) is 16.4. The van der Waals surface area contributed by atoms with E-state index in [9.17, 15) is 0 Å². The van der Waals surface area contributed by atoms with Crippen LogP contribution in [0.5, 0.6) is 11.5 Å². The van der Waals surface area contributed by atoms with Crippen LogP contribution < -0.4 is 15.4 Å². The van der Waals surface area contributed by atoms with Gasteiger partial charge in [0.25, 0.3) is 0 Å². The Labute approximate surface area is 148 Å². The van der Waals surface area contributed by atoms with Crippen molar-refractivity contribution in [3.63, 3.8) is 0 Å². The summed E-state index contributed by atoms with van der Waals surface area (Å²) < 4.78 is 5.96. The van der Waals surface area contributed by atoms with E-state index in [0.717, 1.165) is 36.0 Å². The molecular weight excluding hydrogens is 320 g/mol. The van der Waals surface area contributed by atoms with Crippen molar-refractivity contribution in [3.8, 4) is 11.5 Å². The maximum Gasteiger partial charge on any atom is 0.127 e. The fourth-order valence-electron chi connectivity index (χ4n) is 3.88. The van der Waals surface area contributed by atoms with E-state index in [2.05, 4.69) is 28.8 Å². The summed E-state index contributed by atoms with van der Waals surface area (Å²) in [5.41, 5.74) is 1.83. The lowest BCUT2D eigenvalue weighted by Gasteiger charge is -2.53. The number of hydrogen-bond donors (Lipinski definition) is 2. The molecule has 24 heavy (non-hydrogen) atoms. The predicted octanol–water partition coefficient (Wildman–Crippen LogP) is 4.02. The second kappa shape index (κ2) is 6.75. The lowest BCUT2D eigenvalue weighted by Crippen LogP contribution is -2.66. The van der Waals surface area contributed by atoms with Crippen molar-refractivity contribution in [2.24, 2.45) is 5.41 Å². The van der Waals surface area contributed by atoms with Crippen molar-refractivity contribution in [2.75, 3.05) is 19.6 Å². The summed E-state index contributed by atoms with van der Waals surface area (Å²) in [5, 5.41) is 7.84. The van der Waals surface area contributed by atoms with Gasteiger partial charge >= 0.3 is 0 Å². The maximum atomic E-state index is 5.96. The number of ether oxygens (including phenoxy) is 1. The molecule has 2 saturated heterocycles. The SMILES string of the molecule is Clc1ccc(Oc2cccc(CC3NCC34CCNCC4)c2)cc1. The second-order valence-corrected chi connectivity index (χ2v) is 7.39. The Morgan fingerprint density at radius 1 is 1.04 bits per heavy atom. The van der Waals surface area contributed by atoms with E-state index in [1.165, 1.54) is 24.9 Å². The van der Waals surface area contributed by atoms with Crippen LogP contribution in [0, 0.1) is 5.41 Å². The highest BCUT2D eigenvalue weighted by Gasteiger charge is 2.46. The molecule has 1 unspecified atom stereocenters. The van der Waals surface area contributed by atoms with Crippen molar-refractivity contribution >= 4 is 11.6 Å². The molecule has 126 valence electrons. The highest BCUT2D eigenvalue weighted by atomic mass is 35.5. The first kappa shape index (κ1) is 15.9. The molecule has 2 N–H and O–H groups in total. The van der Waals surface area contributed by atoms with Gasteiger partial charge in [-0.15, -0.1) is 0 Å². The zero-order valence-corrected chi connectivity index (χ0v) is 14.5. The smallest absolute Gasteiger partial charge is 0.127 e. The minimum absolute atomic E-state index is 0.498. The van der Waals surface area contributed by atoms with Gasteiger partial charge in [0.2, 0.25) is 0 Å². The third kappa shape index (κ3) is 3.30. The van der Waals surface area contributed by atoms with Crippen molar-refractivity contribution in [1.82, 2.24) is 10.6 Å². The minimum atomic E-state index is 0.498. The molecule has 0 radical (unpaired) electrons. The van der Waals surface area contributed by atoms with Gasteiger partial charge in [0.1, 0.15) is 11.5 Å². The van der Waals surface area contributed by atoms with Crippen molar-refractivity contribution in [2.45, 2.75) is 25.3 Å². The molecule has 4 rings (SSSR count). The third-order valence-corrected chi connectivity index (χ3v) is 5.68. The standard InChI is InChI=1S/C20H23ClN2O/c21-16-4-6-17(7-5-16)24-18-3-1-2-15(12-18)13-19-20(14-23-19)8-10-22-11-9-20/h1-7,12,19,22-23H,8-11,13-14H2. The van der Waals surface area contributed by atoms with Gasteiger partial charge in [0.05, 0.1) is 0 Å². The zero-order valence-electron chi connectivity index (χ0n) is 13.7. The van der Waals surface area contributed by atoms with E-state index in [-0.39, 0.29) is 0 Å². The Bertz CT molecular complexity index is 695. The first-order valence-electron chi connectivity index (χ1n) is 8.70.